The summed E-state index contributed by atoms with van der Waals surface area (Å²) in [6, 6.07) is 34.6. The van der Waals surface area contributed by atoms with Crippen LogP contribution in [0.1, 0.15) is 48.0 Å². The number of thioether (sulfide) groups is 1. The number of nitrogens with one attached hydrogen (secondary N) is 2. The molecule has 212 valence electrons. The molecule has 41 heavy (non-hydrogen) atoms. The number of carbonyl (C=O) groups is 1. The summed E-state index contributed by atoms with van der Waals surface area (Å²) in [7, 11) is 0. The lowest BCUT2D eigenvalue weighted by atomic mass is 9.99. The Labute approximate surface area is 246 Å². The van der Waals surface area contributed by atoms with E-state index in [1.54, 1.807) is 11.8 Å². The van der Waals surface area contributed by atoms with Crippen molar-refractivity contribution in [3.05, 3.63) is 125 Å². The molecule has 5 rings (SSSR count). The number of benzene rings is 4. The molecule has 0 unspecified atom stereocenters. The molecule has 6 nitrogen and oxygen atoms in total. The number of ether oxygens (including phenoxy) is 2. The van der Waals surface area contributed by atoms with Crippen molar-refractivity contribution in [2.75, 3.05) is 12.3 Å². The van der Waals surface area contributed by atoms with Crippen LogP contribution < -0.4 is 10.6 Å². The van der Waals surface area contributed by atoms with E-state index in [0.29, 0.717) is 13.1 Å². The summed E-state index contributed by atoms with van der Waals surface area (Å²) in [6.07, 6.45) is 0.0916. The average Bonchev–Trinajstić information content (AvgIpc) is 3.03. The van der Waals surface area contributed by atoms with Crippen molar-refractivity contribution < 1.29 is 19.4 Å². The van der Waals surface area contributed by atoms with Crippen molar-refractivity contribution in [3.8, 4) is 11.1 Å². The molecule has 1 heterocycles. The fourth-order valence-electron chi connectivity index (χ4n) is 4.86. The molecule has 0 saturated carbocycles. The van der Waals surface area contributed by atoms with Crippen molar-refractivity contribution >= 4 is 17.8 Å². The Kier molecular flexibility index (Phi) is 10.1. The van der Waals surface area contributed by atoms with E-state index in [1.165, 1.54) is 4.90 Å². The quantitative estimate of drug-likeness (QED) is 0.180. The maximum Gasteiger partial charge on any atom is 0.315 e. The molecule has 0 radical (unpaired) electrons. The Morgan fingerprint density at radius 3 is 2.34 bits per heavy atom. The number of amides is 2. The zero-order chi connectivity index (χ0) is 28.4. The van der Waals surface area contributed by atoms with E-state index >= 15 is 0 Å². The van der Waals surface area contributed by atoms with Gasteiger partial charge in [0.25, 0.3) is 0 Å². The third-order valence-electron chi connectivity index (χ3n) is 7.00. The van der Waals surface area contributed by atoms with Gasteiger partial charge in [-0.1, -0.05) is 78.9 Å². The van der Waals surface area contributed by atoms with E-state index in [-0.39, 0.29) is 24.8 Å². The highest BCUT2D eigenvalue weighted by atomic mass is 32.2. The Morgan fingerprint density at radius 2 is 1.59 bits per heavy atom. The molecule has 0 spiro atoms. The van der Waals surface area contributed by atoms with E-state index < -0.39 is 6.29 Å². The maximum absolute atomic E-state index is 11.8. The molecule has 0 bridgehead atoms. The first kappa shape index (κ1) is 28.9. The van der Waals surface area contributed by atoms with E-state index in [1.807, 2.05) is 61.5 Å². The molecule has 3 atom stereocenters. The van der Waals surface area contributed by atoms with Gasteiger partial charge in [0.2, 0.25) is 0 Å². The minimum atomic E-state index is -0.518. The summed E-state index contributed by atoms with van der Waals surface area (Å²) in [5.74, 6) is 0.815. The highest BCUT2D eigenvalue weighted by molar-refractivity contribution is 7.99. The number of urea groups is 1. The van der Waals surface area contributed by atoms with Crippen LogP contribution in [0.4, 0.5) is 4.79 Å². The Hall–Kier alpha value is -3.62. The Bertz CT molecular complexity index is 1410. The lowest BCUT2D eigenvalue weighted by molar-refractivity contribution is -0.245. The minimum absolute atomic E-state index is 0.00574. The molecule has 7 heteroatoms. The molecule has 1 saturated heterocycles. The first-order valence-electron chi connectivity index (χ1n) is 14.0. The van der Waals surface area contributed by atoms with Gasteiger partial charge in [0, 0.05) is 35.7 Å². The molecule has 1 aliphatic rings. The van der Waals surface area contributed by atoms with Crippen LogP contribution in [0, 0.1) is 0 Å². The summed E-state index contributed by atoms with van der Waals surface area (Å²) in [5.41, 5.74) is 6.05. The van der Waals surface area contributed by atoms with Crippen molar-refractivity contribution in [1.29, 1.82) is 0 Å². The Balaban J connectivity index is 1.35. The molecule has 0 aliphatic carbocycles. The molecule has 1 aliphatic heterocycles. The molecule has 2 amide bonds. The maximum atomic E-state index is 11.8. The average molecular weight is 569 g/mol. The third kappa shape index (κ3) is 7.99. The molecule has 1 fully saturated rings. The van der Waals surface area contributed by atoms with E-state index in [4.69, 9.17) is 9.47 Å². The first-order chi connectivity index (χ1) is 20.1. The van der Waals surface area contributed by atoms with Crippen molar-refractivity contribution in [2.24, 2.45) is 0 Å². The number of aliphatic hydroxyl groups excluding tert-OH is 1. The molecule has 4 aromatic carbocycles. The largest absolute Gasteiger partial charge is 0.392 e. The predicted octanol–water partition coefficient (Wildman–Crippen LogP) is 7.00. The van der Waals surface area contributed by atoms with Crippen LogP contribution in [0.25, 0.3) is 11.1 Å². The number of rotatable bonds is 10. The summed E-state index contributed by atoms with van der Waals surface area (Å²) in [5, 5.41) is 15.1. The van der Waals surface area contributed by atoms with Crippen LogP contribution in [0.15, 0.2) is 108 Å². The van der Waals surface area contributed by atoms with E-state index in [2.05, 4.69) is 59.2 Å². The van der Waals surface area contributed by atoms with Gasteiger partial charge in [0.1, 0.15) is 0 Å². The van der Waals surface area contributed by atoms with Crippen molar-refractivity contribution in [3.63, 3.8) is 0 Å². The van der Waals surface area contributed by atoms with Crippen LogP contribution in [-0.4, -0.2) is 29.5 Å². The van der Waals surface area contributed by atoms with Gasteiger partial charge < -0.3 is 25.2 Å². The lowest BCUT2D eigenvalue weighted by Gasteiger charge is -2.36. The van der Waals surface area contributed by atoms with Gasteiger partial charge in [0.05, 0.1) is 18.8 Å². The van der Waals surface area contributed by atoms with Crippen LogP contribution in [0.3, 0.4) is 0 Å². The summed E-state index contributed by atoms with van der Waals surface area (Å²) in [6.45, 7) is 2.95. The van der Waals surface area contributed by atoms with Crippen LogP contribution in [-0.2, 0) is 22.6 Å². The SMILES string of the molecule is CCNC(=O)NCc1cccc(-c2cccc([C@@H]3O[C@H](CSc4ccccc4)C[C@H](c4ccc(CO)cc4)O3)c2)c1. The van der Waals surface area contributed by atoms with Gasteiger partial charge in [-0.05, 0) is 59.0 Å². The summed E-state index contributed by atoms with van der Waals surface area (Å²) in [4.78, 5) is 13.1. The van der Waals surface area contributed by atoms with Gasteiger partial charge in [-0.15, -0.1) is 11.8 Å². The normalized spacial score (nSPS) is 18.5. The number of aliphatic hydroxyl groups is 1. The number of hydrogen-bond acceptors (Lipinski definition) is 5. The van der Waals surface area contributed by atoms with Crippen molar-refractivity contribution in [1.82, 2.24) is 10.6 Å². The summed E-state index contributed by atoms with van der Waals surface area (Å²) < 4.78 is 13.1. The van der Waals surface area contributed by atoms with Crippen LogP contribution in [0.2, 0.25) is 0 Å². The zero-order valence-electron chi connectivity index (χ0n) is 23.2. The molecular weight excluding hydrogens is 532 g/mol. The topological polar surface area (TPSA) is 79.8 Å². The van der Waals surface area contributed by atoms with Gasteiger partial charge in [-0.3, -0.25) is 0 Å². The standard InChI is InChI=1S/C34H36N2O4S/c1-2-35-34(38)36-21-25-8-6-9-27(18-25)28-10-7-11-29(19-28)33-39-30(23-41-31-12-4-3-5-13-31)20-32(40-33)26-16-14-24(22-37)15-17-26/h3-19,30,32-33,37H,2,20-23H2,1H3,(H2,35,36,38)/t30-,32+,33+/m0/s1. The molecular formula is C34H36N2O4S. The summed E-state index contributed by atoms with van der Waals surface area (Å²) >= 11 is 1.79. The fourth-order valence-corrected chi connectivity index (χ4v) is 5.80. The highest BCUT2D eigenvalue weighted by Crippen LogP contribution is 2.40. The highest BCUT2D eigenvalue weighted by Gasteiger charge is 2.32. The van der Waals surface area contributed by atoms with E-state index in [9.17, 15) is 9.90 Å². The van der Waals surface area contributed by atoms with Gasteiger partial charge >= 0.3 is 6.03 Å². The first-order valence-corrected chi connectivity index (χ1v) is 15.0. The Morgan fingerprint density at radius 1 is 0.829 bits per heavy atom. The molecule has 4 aromatic rings. The third-order valence-corrected chi connectivity index (χ3v) is 8.15. The lowest BCUT2D eigenvalue weighted by Crippen LogP contribution is -2.34. The second-order valence-corrected chi connectivity index (χ2v) is 11.1. The fraction of sp³-hybridized carbons (Fsp3) is 0.265. The predicted molar refractivity (Wildman–Crippen MR) is 163 cm³/mol. The number of carbonyl (C=O) groups excluding carboxylic acids is 1. The molecule has 3 N–H and O–H groups in total. The zero-order valence-corrected chi connectivity index (χ0v) is 24.0. The second kappa shape index (κ2) is 14.3. The van der Waals surface area contributed by atoms with Gasteiger partial charge in [0.15, 0.2) is 6.29 Å². The minimum Gasteiger partial charge on any atom is -0.392 e. The number of hydrogen-bond donors (Lipinski definition) is 3. The monoisotopic (exact) mass is 568 g/mol. The van der Waals surface area contributed by atoms with E-state index in [0.717, 1.165) is 45.6 Å². The van der Waals surface area contributed by atoms with Gasteiger partial charge in [-0.2, -0.15) is 0 Å². The molecule has 0 aromatic heterocycles. The van der Waals surface area contributed by atoms with Crippen molar-refractivity contribution in [2.45, 2.75) is 49.9 Å². The second-order valence-electron chi connectivity index (χ2n) is 10.0. The smallest absolute Gasteiger partial charge is 0.315 e. The van der Waals surface area contributed by atoms with Crippen LogP contribution in [0.5, 0.6) is 0 Å². The van der Waals surface area contributed by atoms with Gasteiger partial charge in [-0.25, -0.2) is 4.79 Å². The van der Waals surface area contributed by atoms with Crippen LogP contribution >= 0.6 is 11.8 Å².